The molecule has 2 heterocycles. The van der Waals surface area contributed by atoms with Crippen LogP contribution in [0.1, 0.15) is 18.2 Å². The summed E-state index contributed by atoms with van der Waals surface area (Å²) >= 11 is 3.64. The lowest BCUT2D eigenvalue weighted by Gasteiger charge is -2.05. The SMILES string of the molecule is CCc1cc2c(NCCCSC)ncnc2s1. The summed E-state index contributed by atoms with van der Waals surface area (Å²) in [5.74, 6) is 2.16. The summed E-state index contributed by atoms with van der Waals surface area (Å²) in [5, 5.41) is 4.57. The Kier molecular flexibility index (Phi) is 4.62. The molecular weight excluding hydrogens is 250 g/mol. The van der Waals surface area contributed by atoms with Crippen molar-refractivity contribution in [3.63, 3.8) is 0 Å². The van der Waals surface area contributed by atoms with Gasteiger partial charge in [0.1, 0.15) is 17.0 Å². The molecule has 5 heteroatoms. The minimum atomic E-state index is 0.976. The smallest absolute Gasteiger partial charge is 0.138 e. The van der Waals surface area contributed by atoms with Crippen LogP contribution in [-0.2, 0) is 6.42 Å². The second kappa shape index (κ2) is 6.21. The summed E-state index contributed by atoms with van der Waals surface area (Å²) < 4.78 is 0. The molecule has 2 aromatic heterocycles. The molecule has 0 aromatic carbocycles. The molecule has 0 spiro atoms. The first-order chi connectivity index (χ1) is 8.35. The highest BCUT2D eigenvalue weighted by Gasteiger charge is 2.06. The Labute approximate surface area is 110 Å². The fourth-order valence-electron chi connectivity index (χ4n) is 1.64. The standard InChI is InChI=1S/C12H17N3S2/c1-3-9-7-10-11(13-5-4-6-16-2)14-8-15-12(10)17-9/h7-8H,3-6H2,1-2H3,(H,13,14,15). The van der Waals surface area contributed by atoms with Gasteiger partial charge in [0.05, 0.1) is 5.39 Å². The van der Waals surface area contributed by atoms with E-state index in [0.29, 0.717) is 0 Å². The number of nitrogens with one attached hydrogen (secondary N) is 1. The Balaban J connectivity index is 2.13. The minimum Gasteiger partial charge on any atom is -0.369 e. The average molecular weight is 267 g/mol. The van der Waals surface area contributed by atoms with E-state index in [1.165, 1.54) is 16.0 Å². The van der Waals surface area contributed by atoms with E-state index in [1.54, 1.807) is 17.7 Å². The van der Waals surface area contributed by atoms with Crippen molar-refractivity contribution in [1.29, 1.82) is 0 Å². The van der Waals surface area contributed by atoms with Gasteiger partial charge >= 0.3 is 0 Å². The molecular formula is C12H17N3S2. The Bertz CT molecular complexity index is 482. The maximum absolute atomic E-state index is 4.33. The number of hydrogen-bond donors (Lipinski definition) is 1. The Morgan fingerprint density at radius 1 is 1.41 bits per heavy atom. The summed E-state index contributed by atoms with van der Waals surface area (Å²) in [6.45, 7) is 3.15. The molecule has 0 aliphatic carbocycles. The van der Waals surface area contributed by atoms with Gasteiger partial charge in [-0.2, -0.15) is 11.8 Å². The number of aryl methyl sites for hydroxylation is 1. The number of anilines is 1. The van der Waals surface area contributed by atoms with E-state index in [4.69, 9.17) is 0 Å². The first-order valence-electron chi connectivity index (χ1n) is 5.81. The predicted molar refractivity (Wildman–Crippen MR) is 78.3 cm³/mol. The van der Waals surface area contributed by atoms with Crippen molar-refractivity contribution >= 4 is 39.1 Å². The monoisotopic (exact) mass is 267 g/mol. The van der Waals surface area contributed by atoms with Crippen molar-refractivity contribution in [3.05, 3.63) is 17.3 Å². The fourth-order valence-corrected chi connectivity index (χ4v) is 3.01. The van der Waals surface area contributed by atoms with Crippen molar-refractivity contribution in [2.45, 2.75) is 19.8 Å². The van der Waals surface area contributed by atoms with E-state index < -0.39 is 0 Å². The van der Waals surface area contributed by atoms with Crippen LogP contribution >= 0.6 is 23.1 Å². The van der Waals surface area contributed by atoms with Gasteiger partial charge in [-0.25, -0.2) is 9.97 Å². The molecule has 92 valence electrons. The van der Waals surface area contributed by atoms with Gasteiger partial charge in [0, 0.05) is 11.4 Å². The number of nitrogens with zero attached hydrogens (tertiary/aromatic N) is 2. The summed E-state index contributed by atoms with van der Waals surface area (Å²) in [5.41, 5.74) is 0. The molecule has 2 rings (SSSR count). The number of thioether (sulfide) groups is 1. The van der Waals surface area contributed by atoms with E-state index in [2.05, 4.69) is 34.5 Å². The second-order valence-electron chi connectivity index (χ2n) is 3.78. The maximum atomic E-state index is 4.33. The zero-order valence-corrected chi connectivity index (χ0v) is 11.8. The molecule has 0 saturated carbocycles. The van der Waals surface area contributed by atoms with Crippen LogP contribution in [0.15, 0.2) is 12.4 Å². The van der Waals surface area contributed by atoms with Gasteiger partial charge in [-0.15, -0.1) is 11.3 Å². The van der Waals surface area contributed by atoms with Crippen molar-refractivity contribution in [2.24, 2.45) is 0 Å². The van der Waals surface area contributed by atoms with Crippen molar-refractivity contribution in [3.8, 4) is 0 Å². The molecule has 0 unspecified atom stereocenters. The van der Waals surface area contributed by atoms with Crippen LogP contribution in [0.25, 0.3) is 10.2 Å². The minimum absolute atomic E-state index is 0.976. The third-order valence-corrected chi connectivity index (χ3v) is 4.43. The molecule has 0 atom stereocenters. The molecule has 0 aliphatic heterocycles. The van der Waals surface area contributed by atoms with Crippen LogP contribution in [0, 0.1) is 0 Å². The first kappa shape index (κ1) is 12.6. The molecule has 0 bridgehead atoms. The summed E-state index contributed by atoms with van der Waals surface area (Å²) in [4.78, 5) is 11.1. The molecule has 2 aromatic rings. The van der Waals surface area contributed by atoms with E-state index in [9.17, 15) is 0 Å². The normalized spacial score (nSPS) is 10.9. The van der Waals surface area contributed by atoms with Gasteiger partial charge in [-0.3, -0.25) is 0 Å². The molecule has 17 heavy (non-hydrogen) atoms. The number of thiophene rings is 1. The van der Waals surface area contributed by atoms with Crippen LogP contribution < -0.4 is 5.32 Å². The summed E-state index contributed by atoms with van der Waals surface area (Å²) in [7, 11) is 0. The van der Waals surface area contributed by atoms with E-state index in [-0.39, 0.29) is 0 Å². The van der Waals surface area contributed by atoms with Crippen molar-refractivity contribution in [1.82, 2.24) is 9.97 Å². The highest BCUT2D eigenvalue weighted by molar-refractivity contribution is 7.98. The first-order valence-corrected chi connectivity index (χ1v) is 8.02. The van der Waals surface area contributed by atoms with E-state index in [1.807, 2.05) is 11.8 Å². The van der Waals surface area contributed by atoms with Crippen molar-refractivity contribution < 1.29 is 0 Å². The lowest BCUT2D eigenvalue weighted by molar-refractivity contribution is 0.982. The van der Waals surface area contributed by atoms with Crippen molar-refractivity contribution in [2.75, 3.05) is 23.9 Å². The topological polar surface area (TPSA) is 37.8 Å². The number of rotatable bonds is 6. The molecule has 0 radical (unpaired) electrons. The summed E-state index contributed by atoms with van der Waals surface area (Å²) in [6.07, 6.45) is 6.01. The van der Waals surface area contributed by atoms with Gasteiger partial charge in [0.15, 0.2) is 0 Å². The van der Waals surface area contributed by atoms with Crippen LogP contribution in [0.2, 0.25) is 0 Å². The second-order valence-corrected chi connectivity index (χ2v) is 5.88. The molecule has 0 saturated heterocycles. The highest BCUT2D eigenvalue weighted by Crippen LogP contribution is 2.28. The van der Waals surface area contributed by atoms with Crippen LogP contribution in [-0.4, -0.2) is 28.5 Å². The molecule has 0 amide bonds. The molecule has 3 nitrogen and oxygen atoms in total. The zero-order chi connectivity index (χ0) is 12.1. The van der Waals surface area contributed by atoms with Gasteiger partial charge < -0.3 is 5.32 Å². The number of aromatic nitrogens is 2. The Morgan fingerprint density at radius 3 is 3.06 bits per heavy atom. The Hall–Kier alpha value is -0.810. The van der Waals surface area contributed by atoms with Gasteiger partial charge in [-0.1, -0.05) is 6.92 Å². The van der Waals surface area contributed by atoms with Gasteiger partial charge in [-0.05, 0) is 30.9 Å². The molecule has 1 N–H and O–H groups in total. The van der Waals surface area contributed by atoms with Crippen LogP contribution in [0.4, 0.5) is 5.82 Å². The van der Waals surface area contributed by atoms with Gasteiger partial charge in [0.2, 0.25) is 0 Å². The van der Waals surface area contributed by atoms with E-state index in [0.717, 1.165) is 30.0 Å². The Morgan fingerprint density at radius 2 is 2.29 bits per heavy atom. The third kappa shape index (κ3) is 3.10. The summed E-state index contributed by atoms with van der Waals surface area (Å²) in [6, 6.07) is 2.21. The highest BCUT2D eigenvalue weighted by atomic mass is 32.2. The molecule has 0 aliphatic rings. The maximum Gasteiger partial charge on any atom is 0.138 e. The number of fused-ring (bicyclic) bond motifs is 1. The predicted octanol–water partition coefficient (Wildman–Crippen LogP) is 3.42. The molecule has 0 fully saturated rings. The quantitative estimate of drug-likeness (QED) is 0.814. The lowest BCUT2D eigenvalue weighted by atomic mass is 10.3. The zero-order valence-electron chi connectivity index (χ0n) is 10.2. The average Bonchev–Trinajstić information content (AvgIpc) is 2.78. The van der Waals surface area contributed by atoms with Crippen LogP contribution in [0.3, 0.4) is 0 Å². The largest absolute Gasteiger partial charge is 0.369 e. The van der Waals surface area contributed by atoms with Crippen LogP contribution in [0.5, 0.6) is 0 Å². The number of hydrogen-bond acceptors (Lipinski definition) is 5. The van der Waals surface area contributed by atoms with Gasteiger partial charge in [0.25, 0.3) is 0 Å². The fraction of sp³-hybridized carbons (Fsp3) is 0.500. The third-order valence-electron chi connectivity index (χ3n) is 2.55. The lowest BCUT2D eigenvalue weighted by Crippen LogP contribution is -2.04. The van der Waals surface area contributed by atoms with E-state index >= 15 is 0 Å².